The van der Waals surface area contributed by atoms with E-state index in [1.54, 1.807) is 6.20 Å². The predicted molar refractivity (Wildman–Crippen MR) is 130 cm³/mol. The summed E-state index contributed by atoms with van der Waals surface area (Å²) in [6.07, 6.45) is 2.97. The largest absolute Gasteiger partial charge is 0.383 e. The first-order valence-electron chi connectivity index (χ1n) is 10.9. The second kappa shape index (κ2) is 10.6. The molecule has 10 heteroatoms. The summed E-state index contributed by atoms with van der Waals surface area (Å²) >= 11 is 0. The standard InChI is InChI=1S/C26H21F2N7O/c1-15-8-19(13-31-24(15)30)18-5-2-16(3-6-18)11-32-25-23(35-20(10-29)14-33-25)26(36)34-12-17-4-7-21(27)22(28)9-17/h2-9,13-14H,11-12H2,1H3,(H2,30,31)(H,32,33)(H,34,36). The van der Waals surface area contributed by atoms with Gasteiger partial charge in [0.25, 0.3) is 5.91 Å². The van der Waals surface area contributed by atoms with Gasteiger partial charge < -0.3 is 16.4 Å². The van der Waals surface area contributed by atoms with Crippen molar-refractivity contribution in [3.8, 4) is 17.2 Å². The number of hydrogen-bond acceptors (Lipinski definition) is 7. The molecule has 0 bridgehead atoms. The van der Waals surface area contributed by atoms with Crippen LogP contribution < -0.4 is 16.4 Å². The highest BCUT2D eigenvalue weighted by Gasteiger charge is 2.16. The fraction of sp³-hybridized carbons (Fsp3) is 0.115. The normalized spacial score (nSPS) is 10.5. The molecule has 0 fully saturated rings. The SMILES string of the molecule is Cc1cc(-c2ccc(CNc3ncc(C#N)nc3C(=O)NCc3ccc(F)c(F)c3)cc2)cnc1N. The molecule has 2 aromatic heterocycles. The van der Waals surface area contributed by atoms with Crippen LogP contribution in [0.3, 0.4) is 0 Å². The van der Waals surface area contributed by atoms with E-state index in [4.69, 9.17) is 11.0 Å². The first-order chi connectivity index (χ1) is 17.3. The third-order valence-electron chi connectivity index (χ3n) is 5.41. The number of aromatic nitrogens is 3. The van der Waals surface area contributed by atoms with Crippen LogP contribution in [0, 0.1) is 29.9 Å². The molecule has 0 radical (unpaired) electrons. The summed E-state index contributed by atoms with van der Waals surface area (Å²) in [5, 5.41) is 14.8. The average molecular weight is 485 g/mol. The maximum absolute atomic E-state index is 13.4. The average Bonchev–Trinajstić information content (AvgIpc) is 2.89. The molecule has 0 aliphatic heterocycles. The van der Waals surface area contributed by atoms with Gasteiger partial charge in [0.05, 0.1) is 6.20 Å². The third-order valence-corrected chi connectivity index (χ3v) is 5.41. The molecule has 1 amide bonds. The summed E-state index contributed by atoms with van der Waals surface area (Å²) in [7, 11) is 0. The monoisotopic (exact) mass is 485 g/mol. The van der Waals surface area contributed by atoms with Gasteiger partial charge in [0, 0.05) is 24.8 Å². The minimum Gasteiger partial charge on any atom is -0.383 e. The minimum absolute atomic E-state index is 0.0321. The molecule has 36 heavy (non-hydrogen) atoms. The number of anilines is 2. The van der Waals surface area contributed by atoms with Crippen LogP contribution in [0.1, 0.15) is 32.9 Å². The van der Waals surface area contributed by atoms with Gasteiger partial charge in [-0.25, -0.2) is 23.7 Å². The predicted octanol–water partition coefficient (Wildman–Crippen LogP) is 4.12. The third kappa shape index (κ3) is 5.59. The van der Waals surface area contributed by atoms with E-state index in [2.05, 4.69) is 25.6 Å². The number of nitrogens with zero attached hydrogens (tertiary/aromatic N) is 4. The summed E-state index contributed by atoms with van der Waals surface area (Å²) < 4.78 is 26.6. The molecule has 0 saturated carbocycles. The first kappa shape index (κ1) is 24.2. The number of aryl methyl sites for hydroxylation is 1. The molecule has 4 N–H and O–H groups in total. The Balaban J connectivity index is 1.46. The van der Waals surface area contributed by atoms with Crippen LogP contribution in [0.25, 0.3) is 11.1 Å². The van der Waals surface area contributed by atoms with Gasteiger partial charge in [0.15, 0.2) is 28.8 Å². The van der Waals surface area contributed by atoms with Crippen molar-refractivity contribution < 1.29 is 13.6 Å². The number of amides is 1. The van der Waals surface area contributed by atoms with Gasteiger partial charge in [-0.3, -0.25) is 4.79 Å². The Morgan fingerprint density at radius 1 is 0.972 bits per heavy atom. The van der Waals surface area contributed by atoms with Gasteiger partial charge in [0.2, 0.25) is 0 Å². The molecule has 4 aromatic rings. The minimum atomic E-state index is -1.01. The summed E-state index contributed by atoms with van der Waals surface area (Å²) in [6, 6.07) is 14.9. The van der Waals surface area contributed by atoms with Crippen molar-refractivity contribution in [2.45, 2.75) is 20.0 Å². The van der Waals surface area contributed by atoms with E-state index in [0.717, 1.165) is 34.4 Å². The molecule has 180 valence electrons. The molecule has 0 atom stereocenters. The zero-order chi connectivity index (χ0) is 25.7. The summed E-state index contributed by atoms with van der Waals surface area (Å²) in [6.45, 7) is 2.17. The van der Waals surface area contributed by atoms with Crippen molar-refractivity contribution in [2.75, 3.05) is 11.1 Å². The number of hydrogen-bond donors (Lipinski definition) is 3. The van der Waals surface area contributed by atoms with E-state index in [1.165, 1.54) is 12.3 Å². The second-order valence-corrected chi connectivity index (χ2v) is 7.97. The number of carbonyl (C=O) groups excluding carboxylic acids is 1. The topological polar surface area (TPSA) is 130 Å². The van der Waals surface area contributed by atoms with Crippen LogP contribution in [-0.2, 0) is 13.1 Å². The van der Waals surface area contributed by atoms with Gasteiger partial charge in [-0.15, -0.1) is 0 Å². The van der Waals surface area contributed by atoms with Crippen molar-refractivity contribution in [3.05, 3.63) is 101 Å². The Kier molecular flexibility index (Phi) is 7.11. The lowest BCUT2D eigenvalue weighted by atomic mass is 10.0. The number of carbonyl (C=O) groups is 1. The Labute approximate surface area is 205 Å². The van der Waals surface area contributed by atoms with Crippen LogP contribution in [0.2, 0.25) is 0 Å². The zero-order valence-electron chi connectivity index (χ0n) is 19.2. The van der Waals surface area contributed by atoms with Crippen LogP contribution >= 0.6 is 0 Å². The van der Waals surface area contributed by atoms with Crippen LogP contribution in [0.15, 0.2) is 60.9 Å². The highest BCUT2D eigenvalue weighted by Crippen LogP contribution is 2.22. The molecule has 8 nitrogen and oxygen atoms in total. The Bertz CT molecular complexity index is 1470. The summed E-state index contributed by atoms with van der Waals surface area (Å²) in [5.74, 6) is -1.93. The Hall–Kier alpha value is -4.91. The maximum Gasteiger partial charge on any atom is 0.274 e. The molecule has 0 unspecified atom stereocenters. The molecule has 2 aromatic carbocycles. The number of nitrogens with one attached hydrogen (secondary N) is 2. The zero-order valence-corrected chi connectivity index (χ0v) is 19.2. The number of nitrogens with two attached hydrogens (primary N) is 1. The van der Waals surface area contributed by atoms with E-state index in [1.807, 2.05) is 43.3 Å². The number of nitriles is 1. The first-order valence-corrected chi connectivity index (χ1v) is 10.9. The Morgan fingerprint density at radius 3 is 2.42 bits per heavy atom. The van der Waals surface area contributed by atoms with Crippen LogP contribution in [-0.4, -0.2) is 20.9 Å². The maximum atomic E-state index is 13.4. The van der Waals surface area contributed by atoms with E-state index in [9.17, 15) is 13.6 Å². The lowest BCUT2D eigenvalue weighted by Crippen LogP contribution is -2.26. The molecular weight excluding hydrogens is 464 g/mol. The van der Waals surface area contributed by atoms with Crippen molar-refractivity contribution in [2.24, 2.45) is 0 Å². The van der Waals surface area contributed by atoms with E-state index in [-0.39, 0.29) is 23.8 Å². The number of nitrogen functional groups attached to an aromatic ring is 1. The van der Waals surface area contributed by atoms with E-state index in [0.29, 0.717) is 17.9 Å². The molecule has 0 aliphatic carbocycles. The van der Waals surface area contributed by atoms with Gasteiger partial charge in [0.1, 0.15) is 11.9 Å². The lowest BCUT2D eigenvalue weighted by Gasteiger charge is -2.12. The Morgan fingerprint density at radius 2 is 1.72 bits per heavy atom. The van der Waals surface area contributed by atoms with Gasteiger partial charge >= 0.3 is 0 Å². The second-order valence-electron chi connectivity index (χ2n) is 7.97. The fourth-order valence-electron chi connectivity index (χ4n) is 3.39. The van der Waals surface area contributed by atoms with Gasteiger partial charge in [-0.2, -0.15) is 5.26 Å². The molecule has 0 aliphatic rings. The van der Waals surface area contributed by atoms with Crippen molar-refractivity contribution >= 4 is 17.5 Å². The van der Waals surface area contributed by atoms with Crippen LogP contribution in [0.5, 0.6) is 0 Å². The molecular formula is C26H21F2N7O. The van der Waals surface area contributed by atoms with Crippen LogP contribution in [0.4, 0.5) is 20.4 Å². The molecule has 0 spiro atoms. The van der Waals surface area contributed by atoms with Crippen molar-refractivity contribution in [1.82, 2.24) is 20.3 Å². The van der Waals surface area contributed by atoms with Crippen molar-refractivity contribution in [1.29, 1.82) is 5.26 Å². The van der Waals surface area contributed by atoms with E-state index >= 15 is 0 Å². The van der Waals surface area contributed by atoms with Gasteiger partial charge in [-0.05, 0) is 47.4 Å². The summed E-state index contributed by atoms with van der Waals surface area (Å²) in [5.41, 5.74) is 9.77. The number of halogens is 2. The van der Waals surface area contributed by atoms with Gasteiger partial charge in [-0.1, -0.05) is 30.3 Å². The summed E-state index contributed by atoms with van der Waals surface area (Å²) in [4.78, 5) is 25.2. The number of pyridine rings is 1. The lowest BCUT2D eigenvalue weighted by molar-refractivity contribution is 0.0946. The molecule has 2 heterocycles. The fourth-order valence-corrected chi connectivity index (χ4v) is 3.39. The molecule has 0 saturated heterocycles. The van der Waals surface area contributed by atoms with Crippen molar-refractivity contribution in [3.63, 3.8) is 0 Å². The van der Waals surface area contributed by atoms with E-state index < -0.39 is 17.5 Å². The number of benzene rings is 2. The molecule has 4 rings (SSSR count). The highest BCUT2D eigenvalue weighted by molar-refractivity contribution is 5.96. The quantitative estimate of drug-likeness (QED) is 0.359. The highest BCUT2D eigenvalue weighted by atomic mass is 19.2. The number of rotatable bonds is 7. The smallest absolute Gasteiger partial charge is 0.274 e.